The summed E-state index contributed by atoms with van der Waals surface area (Å²) >= 11 is 0. The molecule has 0 fully saturated rings. The molecule has 0 aliphatic heterocycles. The molecule has 0 aliphatic carbocycles. The van der Waals surface area contributed by atoms with Crippen molar-refractivity contribution in [3.05, 3.63) is 42.7 Å². The van der Waals surface area contributed by atoms with Gasteiger partial charge in [0, 0.05) is 24.5 Å². The lowest BCUT2D eigenvalue weighted by Gasteiger charge is -2.07. The number of fused-ring (bicyclic) bond motifs is 1. The molecular weight excluding hydrogens is 244 g/mol. The molecule has 2 N–H and O–H groups in total. The van der Waals surface area contributed by atoms with E-state index in [2.05, 4.69) is 20.4 Å². The first kappa shape index (κ1) is 11.5. The molecule has 0 unspecified atom stereocenters. The predicted octanol–water partition coefficient (Wildman–Crippen LogP) is 1.98. The van der Waals surface area contributed by atoms with E-state index in [4.69, 9.17) is 4.52 Å². The first-order valence-corrected chi connectivity index (χ1v) is 5.90. The summed E-state index contributed by atoms with van der Waals surface area (Å²) < 4.78 is 4.92. The summed E-state index contributed by atoms with van der Waals surface area (Å²) in [5, 5.41) is 18.2. The highest BCUT2D eigenvalue weighted by atomic mass is 16.5. The van der Waals surface area contributed by atoms with Gasteiger partial charge < -0.3 is 14.9 Å². The second kappa shape index (κ2) is 4.93. The molecule has 0 saturated heterocycles. The molecule has 2 heterocycles. The van der Waals surface area contributed by atoms with Crippen LogP contribution in [0, 0.1) is 0 Å². The predicted molar refractivity (Wildman–Crippen MR) is 69.9 cm³/mol. The molecule has 0 spiro atoms. The first-order chi connectivity index (χ1) is 9.33. The van der Waals surface area contributed by atoms with Crippen molar-refractivity contribution in [2.75, 3.05) is 11.9 Å². The first-order valence-electron chi connectivity index (χ1n) is 5.90. The van der Waals surface area contributed by atoms with Gasteiger partial charge in [-0.05, 0) is 23.6 Å². The van der Waals surface area contributed by atoms with Crippen LogP contribution in [0.15, 0.2) is 41.3 Å². The number of nitrogens with zero attached hydrogens (tertiary/aromatic N) is 3. The third-order valence-corrected chi connectivity index (χ3v) is 2.79. The second-order valence-corrected chi connectivity index (χ2v) is 4.08. The molecule has 0 bridgehead atoms. The van der Waals surface area contributed by atoms with E-state index in [0.29, 0.717) is 18.9 Å². The number of phenols is 1. The van der Waals surface area contributed by atoms with Crippen molar-refractivity contribution in [2.45, 2.75) is 6.42 Å². The number of nitrogens with one attached hydrogen (secondary N) is 1. The minimum absolute atomic E-state index is 0.223. The van der Waals surface area contributed by atoms with Crippen LogP contribution in [0.3, 0.4) is 0 Å². The molecule has 6 heteroatoms. The van der Waals surface area contributed by atoms with Crippen LogP contribution < -0.4 is 5.32 Å². The monoisotopic (exact) mass is 256 g/mol. The molecule has 0 amide bonds. The average Bonchev–Trinajstić information content (AvgIpc) is 2.92. The van der Waals surface area contributed by atoms with Gasteiger partial charge in [0.05, 0.1) is 0 Å². The van der Waals surface area contributed by atoms with Crippen molar-refractivity contribution in [2.24, 2.45) is 0 Å². The van der Waals surface area contributed by atoms with Gasteiger partial charge in [-0.2, -0.15) is 4.98 Å². The van der Waals surface area contributed by atoms with Crippen LogP contribution in [0.5, 0.6) is 5.75 Å². The highest BCUT2D eigenvalue weighted by Gasteiger charge is 2.04. The summed E-state index contributed by atoms with van der Waals surface area (Å²) in [5.41, 5.74) is 0. The van der Waals surface area contributed by atoms with Crippen LogP contribution in [0.4, 0.5) is 5.82 Å². The molecule has 0 atom stereocenters. The highest BCUT2D eigenvalue weighted by Crippen LogP contribution is 2.24. The number of aromatic hydroxyl groups is 1. The molecule has 0 saturated carbocycles. The van der Waals surface area contributed by atoms with E-state index in [0.717, 1.165) is 16.6 Å². The third kappa shape index (κ3) is 2.47. The van der Waals surface area contributed by atoms with E-state index in [1.54, 1.807) is 18.3 Å². The normalized spacial score (nSPS) is 10.7. The molecule has 6 nitrogen and oxygen atoms in total. The summed E-state index contributed by atoms with van der Waals surface area (Å²) in [6.07, 6.45) is 3.73. The minimum Gasteiger partial charge on any atom is -0.508 e. The Balaban J connectivity index is 1.78. The molecule has 19 heavy (non-hydrogen) atoms. The molecule has 0 aliphatic rings. The molecule has 0 radical (unpaired) electrons. The lowest BCUT2D eigenvalue weighted by atomic mass is 10.1. The largest absolute Gasteiger partial charge is 0.508 e. The number of benzene rings is 1. The number of hydrogen-bond acceptors (Lipinski definition) is 6. The topological polar surface area (TPSA) is 84.1 Å². The van der Waals surface area contributed by atoms with Crippen molar-refractivity contribution in [1.82, 2.24) is 15.1 Å². The Morgan fingerprint density at radius 2 is 2.16 bits per heavy atom. The van der Waals surface area contributed by atoms with Crippen LogP contribution in [-0.4, -0.2) is 26.8 Å². The quantitative estimate of drug-likeness (QED) is 0.742. The van der Waals surface area contributed by atoms with Crippen molar-refractivity contribution in [3.8, 4) is 5.75 Å². The number of rotatable bonds is 4. The smallest absolute Gasteiger partial charge is 0.228 e. The van der Waals surface area contributed by atoms with Gasteiger partial charge >= 0.3 is 0 Å². The Labute approximate surface area is 109 Å². The van der Waals surface area contributed by atoms with Crippen molar-refractivity contribution < 1.29 is 9.63 Å². The lowest BCUT2D eigenvalue weighted by Crippen LogP contribution is -2.06. The Kier molecular flexibility index (Phi) is 2.97. The molecule has 96 valence electrons. The van der Waals surface area contributed by atoms with Crippen LogP contribution in [0.25, 0.3) is 10.8 Å². The zero-order valence-corrected chi connectivity index (χ0v) is 10.1. The van der Waals surface area contributed by atoms with Gasteiger partial charge in [-0.25, -0.2) is 4.98 Å². The van der Waals surface area contributed by atoms with Gasteiger partial charge in [0.15, 0.2) is 6.33 Å². The summed E-state index contributed by atoms with van der Waals surface area (Å²) in [4.78, 5) is 8.22. The van der Waals surface area contributed by atoms with E-state index < -0.39 is 0 Å². The summed E-state index contributed by atoms with van der Waals surface area (Å²) in [6, 6.07) is 7.11. The maximum Gasteiger partial charge on any atom is 0.228 e. The average molecular weight is 256 g/mol. The van der Waals surface area contributed by atoms with Crippen molar-refractivity contribution in [1.29, 1.82) is 0 Å². The number of pyridine rings is 1. The number of aromatic nitrogens is 3. The Morgan fingerprint density at radius 3 is 3.00 bits per heavy atom. The van der Waals surface area contributed by atoms with E-state index in [1.165, 1.54) is 6.33 Å². The van der Waals surface area contributed by atoms with Gasteiger partial charge in [-0.3, -0.25) is 0 Å². The van der Waals surface area contributed by atoms with Gasteiger partial charge in [0.1, 0.15) is 11.6 Å². The molecule has 3 aromatic rings. The van der Waals surface area contributed by atoms with Gasteiger partial charge in [0.2, 0.25) is 5.89 Å². The fourth-order valence-corrected chi connectivity index (χ4v) is 1.89. The van der Waals surface area contributed by atoms with Gasteiger partial charge in [-0.15, -0.1) is 0 Å². The van der Waals surface area contributed by atoms with Crippen LogP contribution in [-0.2, 0) is 6.42 Å². The second-order valence-electron chi connectivity index (χ2n) is 4.08. The third-order valence-electron chi connectivity index (χ3n) is 2.79. The maximum absolute atomic E-state index is 9.54. The number of phenolic OH excluding ortho intramolecular Hbond substituents is 1. The Hall–Kier alpha value is -2.63. The lowest BCUT2D eigenvalue weighted by molar-refractivity contribution is 0.379. The van der Waals surface area contributed by atoms with E-state index in [-0.39, 0.29) is 5.75 Å². The summed E-state index contributed by atoms with van der Waals surface area (Å²) in [7, 11) is 0. The Bertz CT molecular complexity index is 682. The molecule has 3 rings (SSSR count). The van der Waals surface area contributed by atoms with E-state index in [9.17, 15) is 5.11 Å². The van der Waals surface area contributed by atoms with Gasteiger partial charge in [0.25, 0.3) is 0 Å². The zero-order valence-electron chi connectivity index (χ0n) is 10.1. The highest BCUT2D eigenvalue weighted by molar-refractivity contribution is 5.92. The van der Waals surface area contributed by atoms with Crippen molar-refractivity contribution in [3.63, 3.8) is 0 Å². The number of anilines is 1. The summed E-state index contributed by atoms with van der Waals surface area (Å²) in [5.74, 6) is 1.53. The van der Waals surface area contributed by atoms with E-state index >= 15 is 0 Å². The number of hydrogen-bond donors (Lipinski definition) is 2. The standard InChI is InChI=1S/C13H12N4O2/c18-10-2-1-9-3-5-14-13(11(9)7-10)15-6-4-12-16-8-17-19-12/h1-3,5,7-8,18H,4,6H2,(H,14,15). The minimum atomic E-state index is 0.223. The fraction of sp³-hybridized carbons (Fsp3) is 0.154. The zero-order chi connectivity index (χ0) is 13.1. The molecular formula is C13H12N4O2. The Morgan fingerprint density at radius 1 is 1.21 bits per heavy atom. The molecule has 1 aromatic carbocycles. The van der Waals surface area contributed by atoms with E-state index in [1.807, 2.05) is 12.1 Å². The van der Waals surface area contributed by atoms with Crippen LogP contribution >= 0.6 is 0 Å². The van der Waals surface area contributed by atoms with Gasteiger partial charge in [-0.1, -0.05) is 11.2 Å². The fourth-order valence-electron chi connectivity index (χ4n) is 1.89. The van der Waals surface area contributed by atoms with Crippen molar-refractivity contribution >= 4 is 16.6 Å². The summed E-state index contributed by atoms with van der Waals surface area (Å²) in [6.45, 7) is 0.629. The molecule has 2 aromatic heterocycles. The SMILES string of the molecule is Oc1ccc2ccnc(NCCc3ncno3)c2c1. The van der Waals surface area contributed by atoms with Crippen LogP contribution in [0.1, 0.15) is 5.89 Å². The maximum atomic E-state index is 9.54. The van der Waals surface area contributed by atoms with Crippen LogP contribution in [0.2, 0.25) is 0 Å².